The molecule has 1 aliphatic rings. The molecule has 4 rings (SSSR count). The first-order chi connectivity index (χ1) is 14.6. The van der Waals surface area contributed by atoms with Crippen molar-refractivity contribution in [2.45, 2.75) is 42.4 Å². The summed E-state index contributed by atoms with van der Waals surface area (Å²) >= 11 is -5.89. The number of allylic oxidation sites excluding steroid dienone is 4. The van der Waals surface area contributed by atoms with E-state index in [4.69, 9.17) is 0 Å². The molecule has 0 spiro atoms. The third-order valence-corrected chi connectivity index (χ3v) is 58.4. The van der Waals surface area contributed by atoms with Gasteiger partial charge in [0.2, 0.25) is 0 Å². The third-order valence-electron chi connectivity index (χ3n) is 9.87. The molecule has 0 saturated heterocycles. The Morgan fingerprint density at radius 3 is 1.16 bits per heavy atom. The molecule has 1 aliphatic carbocycles. The molecule has 0 bridgehead atoms. The van der Waals surface area contributed by atoms with Crippen LogP contribution in [0.1, 0.15) is 23.1 Å². The summed E-state index contributed by atoms with van der Waals surface area (Å²) in [6.45, 7) is 0. The molecule has 0 amide bonds. The van der Waals surface area contributed by atoms with Gasteiger partial charge in [-0.3, -0.25) is 0 Å². The van der Waals surface area contributed by atoms with Crippen LogP contribution in [-0.4, -0.2) is 0 Å². The molecule has 0 N–H and O–H groups in total. The molecular formula is C31H41Hf. The van der Waals surface area contributed by atoms with Crippen LogP contribution in [0.15, 0.2) is 113 Å². The molecule has 3 aromatic rings. The summed E-state index contributed by atoms with van der Waals surface area (Å²) in [6, 6.07) is 33.7. The Labute approximate surface area is 183 Å². The zero-order chi connectivity index (χ0) is 23.2. The van der Waals surface area contributed by atoms with Gasteiger partial charge in [-0.25, -0.2) is 0 Å². The van der Waals surface area contributed by atoms with Crippen LogP contribution in [0.5, 0.6) is 0 Å². The first-order valence-corrected chi connectivity index (χ1v) is 39.7. The standard InChI is InChI=1S/3C7H7.C5H5.5CH3.Hf/c3*1-7-5-3-2-4-6-7;1-2-4-5-3-1;;;;;;/h3*2-6H,1H2;1-3H,4H2;5*1H3;. The molecule has 0 aromatic heterocycles. The Morgan fingerprint density at radius 1 is 0.531 bits per heavy atom. The summed E-state index contributed by atoms with van der Waals surface area (Å²) in [4.78, 5) is 0. The van der Waals surface area contributed by atoms with E-state index in [1.165, 1.54) is 16.7 Å². The molecule has 0 saturated carbocycles. The molecule has 0 atom stereocenters. The van der Waals surface area contributed by atoms with Crippen molar-refractivity contribution in [3.05, 3.63) is 129 Å². The molecular weight excluding hydrogens is 551 g/mol. The fourth-order valence-corrected chi connectivity index (χ4v) is 55.3. The van der Waals surface area contributed by atoms with Gasteiger partial charge in [0.25, 0.3) is 0 Å². The Hall–Kier alpha value is -1.99. The van der Waals surface area contributed by atoms with E-state index in [0.717, 1.165) is 19.0 Å². The van der Waals surface area contributed by atoms with E-state index < -0.39 is 12.6 Å². The van der Waals surface area contributed by atoms with E-state index in [1.807, 2.05) is 0 Å². The normalized spacial score (nSPS) is 20.5. The summed E-state index contributed by atoms with van der Waals surface area (Å²) in [5.74, 6) is 0. The van der Waals surface area contributed by atoms with Crippen molar-refractivity contribution in [2.75, 3.05) is 0 Å². The SMILES string of the molecule is [CH3][Hf]([CH3])([CH3])([CH3])([CH3])([CH2]c1ccccc1)([CH2]c1ccccc1)([CH2]c1ccccc1)[C]1=CC=CC1. The second-order valence-electron chi connectivity index (χ2n) is 19.1. The quantitative estimate of drug-likeness (QED) is 0.240. The van der Waals surface area contributed by atoms with E-state index in [1.54, 1.807) is 3.33 Å². The van der Waals surface area contributed by atoms with Crippen LogP contribution >= 0.6 is 0 Å². The summed E-state index contributed by atoms with van der Waals surface area (Å²) in [7, 11) is 0. The van der Waals surface area contributed by atoms with Gasteiger partial charge < -0.3 is 0 Å². The number of rotatable bonds is 7. The number of hydrogen-bond donors (Lipinski definition) is 0. The van der Waals surface area contributed by atoms with Crippen molar-refractivity contribution in [2.24, 2.45) is 0 Å². The predicted octanol–water partition coefficient (Wildman–Crippen LogP) is 9.50. The Bertz CT molecular complexity index is 1180. The second-order valence-corrected chi connectivity index (χ2v) is 117. The van der Waals surface area contributed by atoms with Crippen LogP contribution in [-0.2, 0) is 25.2 Å². The van der Waals surface area contributed by atoms with Crippen LogP contribution in [0, 0.1) is 0 Å². The van der Waals surface area contributed by atoms with Crippen LogP contribution in [0.3, 0.4) is 0 Å². The monoisotopic (exact) mass is 593 g/mol. The van der Waals surface area contributed by atoms with Crippen molar-refractivity contribution in [1.82, 2.24) is 0 Å². The molecule has 169 valence electrons. The average Bonchev–Trinajstić information content (AvgIpc) is 3.26. The minimum atomic E-state index is -5.89. The predicted molar refractivity (Wildman–Crippen MR) is 142 cm³/mol. The van der Waals surface area contributed by atoms with Crippen molar-refractivity contribution >= 4 is 0 Å². The topological polar surface area (TPSA) is 0 Å². The molecule has 3 aromatic carbocycles. The van der Waals surface area contributed by atoms with Crippen molar-refractivity contribution < 1.29 is 12.6 Å². The van der Waals surface area contributed by atoms with Gasteiger partial charge in [-0.15, -0.1) is 0 Å². The van der Waals surface area contributed by atoms with Gasteiger partial charge in [-0.2, -0.15) is 0 Å². The van der Waals surface area contributed by atoms with Crippen molar-refractivity contribution in [3.8, 4) is 0 Å². The van der Waals surface area contributed by atoms with Crippen LogP contribution in [0.2, 0.25) is 23.4 Å². The summed E-state index contributed by atoms with van der Waals surface area (Å²) in [5, 5.41) is 0. The fourth-order valence-electron chi connectivity index (χ4n) is 8.32. The van der Waals surface area contributed by atoms with Gasteiger partial charge in [0.15, 0.2) is 0 Å². The molecule has 32 heavy (non-hydrogen) atoms. The zero-order valence-corrected chi connectivity index (χ0v) is 24.3. The van der Waals surface area contributed by atoms with Crippen LogP contribution in [0.25, 0.3) is 0 Å². The summed E-state index contributed by atoms with van der Waals surface area (Å²) in [5.41, 5.74) is 4.29. The maximum atomic E-state index is 2.76. The first-order valence-electron chi connectivity index (χ1n) is 12.3. The van der Waals surface area contributed by atoms with Gasteiger partial charge in [0.05, 0.1) is 0 Å². The van der Waals surface area contributed by atoms with Gasteiger partial charge in [-0.05, 0) is 0 Å². The third kappa shape index (κ3) is 3.63. The summed E-state index contributed by atoms with van der Waals surface area (Å²) < 4.78 is 18.6. The van der Waals surface area contributed by atoms with Crippen LogP contribution < -0.4 is 0 Å². The van der Waals surface area contributed by atoms with Gasteiger partial charge >= 0.3 is 184 Å². The average molecular weight is 592 g/mol. The van der Waals surface area contributed by atoms with E-state index >= 15 is 0 Å². The fraction of sp³-hybridized carbons (Fsp3) is 0.290. The minimum absolute atomic E-state index is 1.03. The Morgan fingerprint density at radius 2 is 0.875 bits per heavy atom. The van der Waals surface area contributed by atoms with E-state index in [0.29, 0.717) is 0 Å². The van der Waals surface area contributed by atoms with Gasteiger partial charge in [0, 0.05) is 0 Å². The van der Waals surface area contributed by atoms with Crippen LogP contribution in [0.4, 0.5) is 0 Å². The van der Waals surface area contributed by atoms with Gasteiger partial charge in [-0.1, -0.05) is 0 Å². The molecule has 0 unspecified atom stereocenters. The van der Waals surface area contributed by atoms with Crippen molar-refractivity contribution in [3.63, 3.8) is 0 Å². The molecule has 0 aliphatic heterocycles. The first kappa shape index (κ1) is 23.2. The van der Waals surface area contributed by atoms with Crippen molar-refractivity contribution in [1.29, 1.82) is 0 Å². The second kappa shape index (κ2) is 4.92. The molecule has 1 heteroatoms. The molecule has 0 heterocycles. The Balaban J connectivity index is 2.20. The Kier molecular flexibility index (Phi) is 3.56. The van der Waals surface area contributed by atoms with E-state index in [9.17, 15) is 0 Å². The number of hydrogen-bond acceptors (Lipinski definition) is 0. The van der Waals surface area contributed by atoms with E-state index in [2.05, 4.69) is 133 Å². The summed E-state index contributed by atoms with van der Waals surface area (Å²) in [6.07, 6.45) is 8.16. The zero-order valence-electron chi connectivity index (χ0n) is 20.7. The molecule has 0 nitrogen and oxygen atoms in total. The number of benzene rings is 3. The maximum absolute atomic E-state index is 5.89. The molecule has 0 radical (unpaired) electrons. The molecule has 0 fully saturated rings. The van der Waals surface area contributed by atoms with E-state index in [-0.39, 0.29) is 0 Å². The van der Waals surface area contributed by atoms with Gasteiger partial charge in [0.1, 0.15) is 0 Å².